The van der Waals surface area contributed by atoms with E-state index in [0.717, 1.165) is 5.76 Å². The predicted octanol–water partition coefficient (Wildman–Crippen LogP) is 3.70. The molecule has 6 heteroatoms. The maximum Gasteiger partial charge on any atom is 0.335 e. The Morgan fingerprint density at radius 1 is 1.29 bits per heavy atom. The Balaban J connectivity index is 2.09. The number of furan rings is 1. The molecule has 1 amide bonds. The maximum atomic E-state index is 11.8. The number of hydrogen-bond donors (Lipinski definition) is 2. The van der Waals surface area contributed by atoms with Gasteiger partial charge in [-0.2, -0.15) is 0 Å². The Bertz CT molecular complexity index is 718. The number of nitrogens with one attached hydrogen (secondary N) is 1. The summed E-state index contributed by atoms with van der Waals surface area (Å²) >= 11 is 3.20. The van der Waals surface area contributed by atoms with Crippen LogP contribution >= 0.6 is 15.9 Å². The Morgan fingerprint density at radius 2 is 2.05 bits per heavy atom. The Hall–Kier alpha value is -2.34. The second kappa shape index (κ2) is 6.41. The lowest BCUT2D eigenvalue weighted by Crippen LogP contribution is -2.08. The van der Waals surface area contributed by atoms with E-state index in [2.05, 4.69) is 21.2 Å². The molecule has 0 fully saturated rings. The summed E-state index contributed by atoms with van der Waals surface area (Å²) in [5, 5.41) is 11.6. The zero-order valence-electron chi connectivity index (χ0n) is 11.1. The smallest absolute Gasteiger partial charge is 0.335 e. The Labute approximate surface area is 129 Å². The van der Waals surface area contributed by atoms with Crippen LogP contribution in [0, 0.1) is 6.92 Å². The molecule has 0 unspecified atom stereocenters. The number of halogens is 1. The summed E-state index contributed by atoms with van der Waals surface area (Å²) < 4.78 is 5.87. The quantitative estimate of drug-likeness (QED) is 0.824. The van der Waals surface area contributed by atoms with Crippen LogP contribution in [-0.2, 0) is 4.79 Å². The van der Waals surface area contributed by atoms with Crippen molar-refractivity contribution in [2.45, 2.75) is 6.92 Å². The van der Waals surface area contributed by atoms with Gasteiger partial charge in [0.1, 0.15) is 11.5 Å². The number of amides is 1. The molecule has 0 spiro atoms. The third-order valence-corrected chi connectivity index (χ3v) is 3.03. The number of carboxylic acid groups (broad SMARTS) is 1. The summed E-state index contributed by atoms with van der Waals surface area (Å²) in [5.41, 5.74) is 0.484. The molecule has 0 aliphatic rings. The van der Waals surface area contributed by atoms with E-state index in [1.54, 1.807) is 24.3 Å². The molecule has 0 aliphatic carbocycles. The molecule has 21 heavy (non-hydrogen) atoms. The summed E-state index contributed by atoms with van der Waals surface area (Å²) in [4.78, 5) is 22.7. The summed E-state index contributed by atoms with van der Waals surface area (Å²) in [7, 11) is 0. The van der Waals surface area contributed by atoms with E-state index in [-0.39, 0.29) is 11.5 Å². The topological polar surface area (TPSA) is 79.5 Å². The van der Waals surface area contributed by atoms with E-state index in [9.17, 15) is 9.59 Å². The lowest BCUT2D eigenvalue weighted by Gasteiger charge is -2.04. The first-order chi connectivity index (χ1) is 9.94. The van der Waals surface area contributed by atoms with Crippen molar-refractivity contribution in [1.29, 1.82) is 0 Å². The van der Waals surface area contributed by atoms with Gasteiger partial charge in [0.15, 0.2) is 0 Å². The van der Waals surface area contributed by atoms with Crippen LogP contribution in [0.4, 0.5) is 5.69 Å². The first-order valence-corrected chi connectivity index (χ1v) is 6.83. The van der Waals surface area contributed by atoms with Crippen LogP contribution in [0.5, 0.6) is 0 Å². The molecule has 1 heterocycles. The van der Waals surface area contributed by atoms with Crippen LogP contribution in [0.15, 0.2) is 45.3 Å². The van der Waals surface area contributed by atoms with E-state index in [0.29, 0.717) is 15.9 Å². The average molecular weight is 350 g/mol. The van der Waals surface area contributed by atoms with Crippen LogP contribution in [0.25, 0.3) is 6.08 Å². The highest BCUT2D eigenvalue weighted by molar-refractivity contribution is 9.10. The van der Waals surface area contributed by atoms with Gasteiger partial charge in [0.05, 0.1) is 5.56 Å². The molecule has 5 nitrogen and oxygen atoms in total. The number of aromatic carboxylic acids is 1. The van der Waals surface area contributed by atoms with Gasteiger partial charge in [-0.05, 0) is 43.3 Å². The SMILES string of the molecule is Cc1ccc(/C=C/C(=O)Nc2cc(Br)cc(C(=O)O)c2)o1. The van der Waals surface area contributed by atoms with Crippen LogP contribution in [-0.4, -0.2) is 17.0 Å². The number of aryl methyl sites for hydroxylation is 1. The van der Waals surface area contributed by atoms with Gasteiger partial charge in [0, 0.05) is 16.2 Å². The summed E-state index contributed by atoms with van der Waals surface area (Å²) in [6.45, 7) is 1.81. The minimum absolute atomic E-state index is 0.0883. The van der Waals surface area contributed by atoms with Crippen molar-refractivity contribution in [1.82, 2.24) is 0 Å². The Kier molecular flexibility index (Phi) is 4.59. The molecule has 2 aromatic rings. The maximum absolute atomic E-state index is 11.8. The predicted molar refractivity (Wildman–Crippen MR) is 82.2 cm³/mol. The highest BCUT2D eigenvalue weighted by atomic mass is 79.9. The molecule has 2 rings (SSSR count). The standard InChI is InChI=1S/C15H12BrNO4/c1-9-2-3-13(21-9)4-5-14(18)17-12-7-10(15(19)20)6-11(16)8-12/h2-8H,1H3,(H,17,18)(H,19,20)/b5-4+. The number of carbonyl (C=O) groups is 2. The van der Waals surface area contributed by atoms with E-state index in [1.165, 1.54) is 18.2 Å². The number of carboxylic acids is 1. The second-order valence-electron chi connectivity index (χ2n) is 4.30. The van der Waals surface area contributed by atoms with Gasteiger partial charge in [0.25, 0.3) is 0 Å². The van der Waals surface area contributed by atoms with E-state index < -0.39 is 5.97 Å². The van der Waals surface area contributed by atoms with Crippen LogP contribution in [0.3, 0.4) is 0 Å². The van der Waals surface area contributed by atoms with Crippen molar-refractivity contribution in [2.75, 3.05) is 5.32 Å². The summed E-state index contributed by atoms with van der Waals surface area (Å²) in [5.74, 6) is -0.108. The van der Waals surface area contributed by atoms with Crippen molar-refractivity contribution < 1.29 is 19.1 Å². The number of rotatable bonds is 4. The number of benzene rings is 1. The molecule has 0 saturated heterocycles. The van der Waals surface area contributed by atoms with E-state index in [4.69, 9.17) is 9.52 Å². The van der Waals surface area contributed by atoms with Crippen molar-refractivity contribution in [2.24, 2.45) is 0 Å². The average Bonchev–Trinajstić information content (AvgIpc) is 2.81. The van der Waals surface area contributed by atoms with Gasteiger partial charge in [-0.1, -0.05) is 15.9 Å². The molecule has 1 aromatic carbocycles. The van der Waals surface area contributed by atoms with Gasteiger partial charge >= 0.3 is 5.97 Å². The molecular formula is C15H12BrNO4. The van der Waals surface area contributed by atoms with E-state index >= 15 is 0 Å². The van der Waals surface area contributed by atoms with E-state index in [1.807, 2.05) is 6.92 Å². The van der Waals surface area contributed by atoms with Gasteiger partial charge in [0.2, 0.25) is 5.91 Å². The van der Waals surface area contributed by atoms with Crippen molar-refractivity contribution in [3.8, 4) is 0 Å². The monoisotopic (exact) mass is 349 g/mol. The third kappa shape index (κ3) is 4.32. The fraction of sp³-hybridized carbons (Fsp3) is 0.0667. The zero-order valence-corrected chi connectivity index (χ0v) is 12.7. The largest absolute Gasteiger partial charge is 0.478 e. The highest BCUT2D eigenvalue weighted by Crippen LogP contribution is 2.20. The molecule has 0 atom stereocenters. The molecule has 2 N–H and O–H groups in total. The van der Waals surface area contributed by atoms with Gasteiger partial charge in [-0.25, -0.2) is 4.79 Å². The molecule has 0 radical (unpaired) electrons. The summed E-state index contributed by atoms with van der Waals surface area (Å²) in [6, 6.07) is 8.01. The molecular weight excluding hydrogens is 338 g/mol. The van der Waals surface area contributed by atoms with Crippen LogP contribution in [0.1, 0.15) is 21.9 Å². The van der Waals surface area contributed by atoms with Crippen molar-refractivity contribution >= 4 is 39.6 Å². The normalized spacial score (nSPS) is 10.8. The highest BCUT2D eigenvalue weighted by Gasteiger charge is 2.07. The lowest BCUT2D eigenvalue weighted by molar-refractivity contribution is -0.111. The van der Waals surface area contributed by atoms with Crippen molar-refractivity contribution in [3.63, 3.8) is 0 Å². The minimum Gasteiger partial charge on any atom is -0.478 e. The number of carbonyl (C=O) groups excluding carboxylic acids is 1. The molecule has 0 saturated carbocycles. The number of hydrogen-bond acceptors (Lipinski definition) is 3. The van der Waals surface area contributed by atoms with Crippen LogP contribution < -0.4 is 5.32 Å². The molecule has 1 aromatic heterocycles. The second-order valence-corrected chi connectivity index (χ2v) is 5.22. The zero-order chi connectivity index (χ0) is 15.4. The molecule has 0 bridgehead atoms. The Morgan fingerprint density at radius 3 is 2.67 bits per heavy atom. The lowest BCUT2D eigenvalue weighted by atomic mass is 10.2. The number of anilines is 1. The third-order valence-electron chi connectivity index (χ3n) is 2.57. The fourth-order valence-electron chi connectivity index (χ4n) is 1.67. The molecule has 0 aliphatic heterocycles. The molecule has 108 valence electrons. The van der Waals surface area contributed by atoms with Gasteiger partial charge in [-0.3, -0.25) is 4.79 Å². The van der Waals surface area contributed by atoms with Crippen LogP contribution in [0.2, 0.25) is 0 Å². The first-order valence-electron chi connectivity index (χ1n) is 6.03. The van der Waals surface area contributed by atoms with Gasteiger partial charge in [-0.15, -0.1) is 0 Å². The first kappa shape index (κ1) is 15.1. The summed E-state index contributed by atoms with van der Waals surface area (Å²) in [6.07, 6.45) is 2.86. The fourth-order valence-corrected chi connectivity index (χ4v) is 2.16. The van der Waals surface area contributed by atoms with Crippen molar-refractivity contribution in [3.05, 3.63) is 58.0 Å². The minimum atomic E-state index is -1.06. The van der Waals surface area contributed by atoms with Gasteiger partial charge < -0.3 is 14.8 Å².